The highest BCUT2D eigenvalue weighted by Gasteiger charge is 2.25. The largest absolute Gasteiger partial charge is 0.494 e. The average Bonchev–Trinajstić information content (AvgIpc) is 2.62. The van der Waals surface area contributed by atoms with Crippen LogP contribution in [0.2, 0.25) is 0 Å². The molecule has 1 aromatic heterocycles. The number of aromatic hydroxyl groups is 1. The number of sulfonamides is 1. The van der Waals surface area contributed by atoms with E-state index in [1.165, 1.54) is 34.8 Å². The summed E-state index contributed by atoms with van der Waals surface area (Å²) < 4.78 is 31.6. The summed E-state index contributed by atoms with van der Waals surface area (Å²) in [6.07, 6.45) is 1.17. The number of hydrogen-bond acceptors (Lipinski definition) is 7. The van der Waals surface area contributed by atoms with Gasteiger partial charge in [0, 0.05) is 19.3 Å². The summed E-state index contributed by atoms with van der Waals surface area (Å²) in [5.41, 5.74) is -0.239. The van der Waals surface area contributed by atoms with E-state index >= 15 is 0 Å². The molecule has 1 aliphatic heterocycles. The lowest BCUT2D eigenvalue weighted by atomic mass is 10.3. The Morgan fingerprint density at radius 2 is 1.85 bits per heavy atom. The number of aromatic amines is 2. The van der Waals surface area contributed by atoms with Gasteiger partial charge >= 0.3 is 0 Å². The number of hydrogen-bond donors (Lipinski definition) is 3. The Hall–Kier alpha value is -2.34. The highest BCUT2D eigenvalue weighted by atomic mass is 32.2. The molecule has 26 heavy (non-hydrogen) atoms. The third-order valence-corrected chi connectivity index (χ3v) is 5.86. The van der Waals surface area contributed by atoms with Crippen molar-refractivity contribution in [3.05, 3.63) is 45.0 Å². The van der Waals surface area contributed by atoms with Gasteiger partial charge in [-0.3, -0.25) is 14.8 Å². The van der Waals surface area contributed by atoms with Crippen LogP contribution >= 0.6 is 12.2 Å². The van der Waals surface area contributed by atoms with Gasteiger partial charge in [-0.05, 0) is 36.5 Å². The number of rotatable bonds is 4. The van der Waals surface area contributed by atoms with Crippen LogP contribution in [-0.2, 0) is 14.8 Å². The van der Waals surface area contributed by atoms with Crippen LogP contribution in [0.25, 0.3) is 0 Å². The van der Waals surface area contributed by atoms with Crippen molar-refractivity contribution in [3.8, 4) is 5.88 Å². The topological polar surface area (TPSA) is 128 Å². The molecule has 3 rings (SSSR count). The van der Waals surface area contributed by atoms with Crippen molar-refractivity contribution < 1.29 is 18.3 Å². The predicted octanol–water partition coefficient (Wildman–Crippen LogP) is 0.910. The molecule has 0 spiro atoms. The first-order valence-corrected chi connectivity index (χ1v) is 9.50. The second kappa shape index (κ2) is 7.50. The van der Waals surface area contributed by atoms with Crippen LogP contribution in [0, 0.1) is 4.77 Å². The molecule has 1 fully saturated rings. The number of benzene rings is 1. The van der Waals surface area contributed by atoms with Gasteiger partial charge in [-0.15, -0.1) is 0 Å². The zero-order valence-electron chi connectivity index (χ0n) is 13.5. The molecular formula is C15H16N4O5S2. The second-order valence-electron chi connectivity index (χ2n) is 5.44. The summed E-state index contributed by atoms with van der Waals surface area (Å²) in [7, 11) is -3.57. The van der Waals surface area contributed by atoms with Crippen LogP contribution in [0.1, 0.15) is 5.56 Å². The molecule has 3 N–H and O–H groups in total. The zero-order chi connectivity index (χ0) is 18.7. The van der Waals surface area contributed by atoms with Crippen LogP contribution in [-0.4, -0.2) is 60.3 Å². The summed E-state index contributed by atoms with van der Waals surface area (Å²) in [4.78, 5) is 20.7. The van der Waals surface area contributed by atoms with Gasteiger partial charge in [-0.25, -0.2) is 8.42 Å². The Balaban J connectivity index is 1.82. The lowest BCUT2D eigenvalue weighted by Gasteiger charge is -2.26. The van der Waals surface area contributed by atoms with E-state index in [9.17, 15) is 18.3 Å². The molecule has 11 heteroatoms. The molecular weight excluding hydrogens is 380 g/mol. The first-order chi connectivity index (χ1) is 12.4. The van der Waals surface area contributed by atoms with Gasteiger partial charge in [0.2, 0.25) is 15.9 Å². The van der Waals surface area contributed by atoms with Crippen molar-refractivity contribution in [1.29, 1.82) is 0 Å². The normalized spacial score (nSPS) is 16.2. The number of aliphatic imine (C=N–C) groups is 1. The third-order valence-electron chi connectivity index (χ3n) is 3.75. The van der Waals surface area contributed by atoms with Crippen LogP contribution in [0.5, 0.6) is 5.88 Å². The van der Waals surface area contributed by atoms with E-state index in [1.54, 1.807) is 0 Å². The van der Waals surface area contributed by atoms with E-state index < -0.39 is 21.5 Å². The fourth-order valence-corrected chi connectivity index (χ4v) is 3.98. The van der Waals surface area contributed by atoms with Crippen molar-refractivity contribution in [3.63, 3.8) is 0 Å². The van der Waals surface area contributed by atoms with Crippen molar-refractivity contribution in [1.82, 2.24) is 14.3 Å². The van der Waals surface area contributed by atoms with Gasteiger partial charge in [-0.2, -0.15) is 4.31 Å². The number of morpholine rings is 1. The summed E-state index contributed by atoms with van der Waals surface area (Å²) >= 11 is 4.74. The summed E-state index contributed by atoms with van der Waals surface area (Å²) in [5.74, 6) is -0.394. The first kappa shape index (κ1) is 18.5. The Morgan fingerprint density at radius 3 is 2.46 bits per heavy atom. The Morgan fingerprint density at radius 1 is 1.19 bits per heavy atom. The Labute approximate surface area is 154 Å². The lowest BCUT2D eigenvalue weighted by molar-refractivity contribution is 0.0730. The van der Waals surface area contributed by atoms with Gasteiger partial charge in [0.15, 0.2) is 4.77 Å². The van der Waals surface area contributed by atoms with E-state index in [4.69, 9.17) is 17.0 Å². The van der Waals surface area contributed by atoms with E-state index in [1.807, 2.05) is 0 Å². The van der Waals surface area contributed by atoms with Crippen LogP contribution in [0.3, 0.4) is 0 Å². The number of nitrogens with one attached hydrogen (secondary N) is 2. The molecule has 0 unspecified atom stereocenters. The van der Waals surface area contributed by atoms with Crippen molar-refractivity contribution in [2.24, 2.45) is 4.99 Å². The molecule has 9 nitrogen and oxygen atoms in total. The Bertz CT molecular complexity index is 1030. The Kier molecular flexibility index (Phi) is 5.32. The molecule has 1 saturated heterocycles. The molecule has 0 amide bonds. The highest BCUT2D eigenvalue weighted by molar-refractivity contribution is 7.89. The standard InChI is InChI=1S/C15H16N4O5S2/c20-13-12(14(21)18-15(25)17-13)9-16-10-1-3-11(4-2-10)26(22,23)19-5-7-24-8-6-19/h1-4,9H,5-8H2,(H3,17,18,20,21,25). The lowest BCUT2D eigenvalue weighted by Crippen LogP contribution is -2.40. The van der Waals surface area contributed by atoms with E-state index in [-0.39, 0.29) is 15.2 Å². The molecule has 138 valence electrons. The maximum Gasteiger partial charge on any atom is 0.264 e. The number of nitrogens with zero attached hydrogens (tertiary/aromatic N) is 2. The van der Waals surface area contributed by atoms with Gasteiger partial charge in [0.1, 0.15) is 5.56 Å². The van der Waals surface area contributed by atoms with Crippen LogP contribution in [0.15, 0.2) is 38.9 Å². The molecule has 2 heterocycles. The quantitative estimate of drug-likeness (QED) is 0.521. The van der Waals surface area contributed by atoms with Gasteiger partial charge in [-0.1, -0.05) is 0 Å². The molecule has 2 aromatic rings. The molecule has 0 aliphatic carbocycles. The van der Waals surface area contributed by atoms with Crippen LogP contribution in [0.4, 0.5) is 5.69 Å². The van der Waals surface area contributed by atoms with Gasteiger partial charge in [0.25, 0.3) is 5.56 Å². The highest BCUT2D eigenvalue weighted by Crippen LogP contribution is 2.21. The molecule has 1 aromatic carbocycles. The van der Waals surface area contributed by atoms with Crippen molar-refractivity contribution in [2.75, 3.05) is 26.3 Å². The monoisotopic (exact) mass is 396 g/mol. The maximum absolute atomic E-state index is 12.5. The molecule has 0 bridgehead atoms. The molecule has 0 saturated carbocycles. The van der Waals surface area contributed by atoms with E-state index in [0.717, 1.165) is 0 Å². The van der Waals surface area contributed by atoms with Crippen LogP contribution < -0.4 is 5.56 Å². The second-order valence-corrected chi connectivity index (χ2v) is 7.79. The smallest absolute Gasteiger partial charge is 0.264 e. The third kappa shape index (κ3) is 3.90. The zero-order valence-corrected chi connectivity index (χ0v) is 15.1. The number of H-pyrrole nitrogens is 2. The molecule has 0 radical (unpaired) electrons. The molecule has 1 aliphatic rings. The van der Waals surface area contributed by atoms with Crippen molar-refractivity contribution in [2.45, 2.75) is 4.90 Å². The fourth-order valence-electron chi connectivity index (χ4n) is 2.38. The van der Waals surface area contributed by atoms with Gasteiger partial charge < -0.3 is 14.8 Å². The number of aromatic nitrogens is 2. The van der Waals surface area contributed by atoms with E-state index in [2.05, 4.69) is 15.0 Å². The SMILES string of the molecule is O=c1[nH]c(=S)[nH]c(O)c1C=Nc1ccc(S(=O)(=O)N2CCOCC2)cc1. The average molecular weight is 396 g/mol. The first-order valence-electron chi connectivity index (χ1n) is 7.65. The minimum Gasteiger partial charge on any atom is -0.494 e. The molecule has 0 atom stereocenters. The minimum atomic E-state index is -3.57. The maximum atomic E-state index is 12.5. The van der Waals surface area contributed by atoms with Gasteiger partial charge in [0.05, 0.1) is 23.8 Å². The summed E-state index contributed by atoms with van der Waals surface area (Å²) in [6.45, 7) is 1.39. The fraction of sp³-hybridized carbons (Fsp3) is 0.267. The van der Waals surface area contributed by atoms with E-state index in [0.29, 0.717) is 32.0 Å². The van der Waals surface area contributed by atoms with Crippen molar-refractivity contribution >= 4 is 34.1 Å². The summed E-state index contributed by atoms with van der Waals surface area (Å²) in [6, 6.07) is 5.92. The summed E-state index contributed by atoms with van der Waals surface area (Å²) in [5, 5.41) is 9.72. The predicted molar refractivity (Wildman–Crippen MR) is 97.2 cm³/mol. The number of ether oxygens (including phenoxy) is 1. The minimum absolute atomic E-state index is 0.00215.